The van der Waals surface area contributed by atoms with Crippen LogP contribution in [0.2, 0.25) is 0 Å². The fourth-order valence-corrected chi connectivity index (χ4v) is 4.58. The highest BCUT2D eigenvalue weighted by Gasteiger charge is 2.29. The Morgan fingerprint density at radius 3 is 1.90 bits per heavy atom. The molecule has 0 saturated heterocycles. The number of benzene rings is 2. The number of aromatic nitrogens is 1. The number of Topliss-reactive ketones (excluding diaryl/α,β-unsaturated/α-hetero) is 1. The van der Waals surface area contributed by atoms with Crippen molar-refractivity contribution in [2.75, 3.05) is 13.9 Å². The third-order valence-corrected chi connectivity index (χ3v) is 6.98. The van der Waals surface area contributed by atoms with Crippen LogP contribution in [0.25, 0.3) is 0 Å². The molecule has 0 bridgehead atoms. The van der Waals surface area contributed by atoms with Crippen LogP contribution in [0.3, 0.4) is 0 Å². The van der Waals surface area contributed by atoms with Crippen molar-refractivity contribution in [1.82, 2.24) is 4.98 Å². The van der Waals surface area contributed by atoms with Crippen LogP contribution in [-0.4, -0.2) is 42.7 Å². The highest BCUT2D eigenvalue weighted by molar-refractivity contribution is 5.99. The number of ketones is 1. The molecule has 0 N–H and O–H groups in total. The van der Waals surface area contributed by atoms with Gasteiger partial charge in [-0.2, -0.15) is 0 Å². The van der Waals surface area contributed by atoms with Gasteiger partial charge < -0.3 is 18.9 Å². The van der Waals surface area contributed by atoms with Crippen molar-refractivity contribution in [1.29, 1.82) is 0 Å². The number of esters is 2. The van der Waals surface area contributed by atoms with Gasteiger partial charge >= 0.3 is 11.9 Å². The van der Waals surface area contributed by atoms with Gasteiger partial charge in [0.1, 0.15) is 6.10 Å². The van der Waals surface area contributed by atoms with E-state index in [1.807, 2.05) is 6.92 Å². The van der Waals surface area contributed by atoms with Gasteiger partial charge in [0.05, 0.1) is 13.0 Å². The largest absolute Gasteiger partial charge is 0.493 e. The molecule has 0 radical (unpaired) electrons. The van der Waals surface area contributed by atoms with E-state index in [-0.39, 0.29) is 29.5 Å². The molecule has 1 aromatic heterocycles. The van der Waals surface area contributed by atoms with Crippen LogP contribution in [0, 0.1) is 5.92 Å². The molecule has 218 valence electrons. The van der Waals surface area contributed by atoms with Crippen LogP contribution in [0.1, 0.15) is 79.7 Å². The zero-order valence-electron chi connectivity index (χ0n) is 24.6. The molecule has 0 saturated carbocycles. The number of aryl methyl sites for hydroxylation is 2. The highest BCUT2D eigenvalue weighted by atomic mass is 16.7. The zero-order chi connectivity index (χ0) is 29.9. The molecular weight excluding hydrogens is 522 g/mol. The van der Waals surface area contributed by atoms with E-state index in [0.29, 0.717) is 0 Å². The van der Waals surface area contributed by atoms with Gasteiger partial charge in [0.25, 0.3) is 0 Å². The first kappa shape index (κ1) is 31.3. The number of rotatable bonds is 14. The predicted molar refractivity (Wildman–Crippen MR) is 155 cm³/mol. The summed E-state index contributed by atoms with van der Waals surface area (Å²) in [4.78, 5) is 41.7. The lowest BCUT2D eigenvalue weighted by atomic mass is 9.86. The first-order valence-corrected chi connectivity index (χ1v) is 13.9. The average Bonchev–Trinajstić information content (AvgIpc) is 2.97. The first-order chi connectivity index (χ1) is 19.7. The van der Waals surface area contributed by atoms with Gasteiger partial charge in [-0.1, -0.05) is 69.3 Å². The Hall–Kier alpha value is -4.20. The maximum Gasteiger partial charge on any atom is 0.309 e. The fraction of sp³-hybridized carbons (Fsp3) is 0.394. The summed E-state index contributed by atoms with van der Waals surface area (Å²) in [7, 11) is 1.42. The summed E-state index contributed by atoms with van der Waals surface area (Å²) in [5.41, 5.74) is 4.53. The number of pyridine rings is 1. The monoisotopic (exact) mass is 561 g/mol. The molecule has 2 atom stereocenters. The molecule has 1 heterocycles. The van der Waals surface area contributed by atoms with Crippen LogP contribution in [0.5, 0.6) is 11.5 Å². The van der Waals surface area contributed by atoms with Crippen LogP contribution in [0.4, 0.5) is 0 Å². The van der Waals surface area contributed by atoms with Crippen molar-refractivity contribution in [3.05, 3.63) is 88.7 Å². The number of ether oxygens (including phenoxy) is 4. The number of methoxy groups -OCH3 is 1. The average molecular weight is 562 g/mol. The summed E-state index contributed by atoms with van der Waals surface area (Å²) in [6.07, 6.45) is 2.64. The molecule has 3 rings (SSSR count). The molecule has 3 aromatic rings. The quantitative estimate of drug-likeness (QED) is 0.132. The van der Waals surface area contributed by atoms with E-state index in [2.05, 4.69) is 67.4 Å². The third-order valence-electron chi connectivity index (χ3n) is 6.98. The van der Waals surface area contributed by atoms with Crippen LogP contribution < -0.4 is 9.47 Å². The molecule has 0 aliphatic carbocycles. The second-order valence-electron chi connectivity index (χ2n) is 9.93. The smallest absolute Gasteiger partial charge is 0.309 e. The number of carbonyl (C=O) groups excluding carboxylic acids is 3. The Bertz CT molecular complexity index is 1270. The molecule has 41 heavy (non-hydrogen) atoms. The summed E-state index contributed by atoms with van der Waals surface area (Å²) in [5, 5.41) is 0. The van der Waals surface area contributed by atoms with Crippen molar-refractivity contribution < 1.29 is 33.3 Å². The van der Waals surface area contributed by atoms with Crippen molar-refractivity contribution >= 4 is 17.7 Å². The summed E-state index contributed by atoms with van der Waals surface area (Å²) in [6.45, 7) is 8.58. The first-order valence-electron chi connectivity index (χ1n) is 13.9. The fourth-order valence-electron chi connectivity index (χ4n) is 4.58. The number of carbonyl (C=O) groups is 3. The van der Waals surface area contributed by atoms with Gasteiger partial charge in [-0.05, 0) is 42.0 Å². The topological polar surface area (TPSA) is 101 Å². The van der Waals surface area contributed by atoms with Crippen molar-refractivity contribution in [2.45, 2.75) is 65.9 Å². The van der Waals surface area contributed by atoms with Crippen molar-refractivity contribution in [2.24, 2.45) is 5.92 Å². The second-order valence-corrected chi connectivity index (χ2v) is 9.93. The Morgan fingerprint density at radius 1 is 0.854 bits per heavy atom. The van der Waals surface area contributed by atoms with Gasteiger partial charge in [0.2, 0.25) is 6.79 Å². The minimum absolute atomic E-state index is 0.0193. The van der Waals surface area contributed by atoms with Gasteiger partial charge in [-0.15, -0.1) is 0 Å². The van der Waals surface area contributed by atoms with E-state index in [9.17, 15) is 14.4 Å². The van der Waals surface area contributed by atoms with E-state index in [4.69, 9.17) is 18.9 Å². The standard InChI is InChI=1S/C33H39NO7/c1-7-24-9-13-26(14-10-24)30(27-15-11-25(8-2)12-16-27)22(4)41-33(37)21(3)19-28(36)31-32(40-20-39-23(5)35)29(38-6)17-18-34-31/h9-18,21-22,30H,7-8,19-20H2,1-6H3/t21-,22+/m1/s1. The molecule has 2 aromatic carbocycles. The van der Waals surface area contributed by atoms with Gasteiger partial charge in [0, 0.05) is 31.5 Å². The Kier molecular flexibility index (Phi) is 11.4. The minimum atomic E-state index is -0.746. The van der Waals surface area contributed by atoms with E-state index >= 15 is 0 Å². The molecule has 0 unspecified atom stereocenters. The molecule has 0 amide bonds. The maximum absolute atomic E-state index is 13.2. The summed E-state index contributed by atoms with van der Waals surface area (Å²) in [6, 6.07) is 18.3. The Balaban J connectivity index is 1.77. The predicted octanol–water partition coefficient (Wildman–Crippen LogP) is 6.09. The van der Waals surface area contributed by atoms with E-state index in [1.165, 1.54) is 37.4 Å². The van der Waals surface area contributed by atoms with Crippen molar-refractivity contribution in [3.8, 4) is 11.5 Å². The molecule has 0 aliphatic heterocycles. The lowest BCUT2D eigenvalue weighted by Gasteiger charge is -2.26. The SMILES string of the molecule is CCc1ccc(C(c2ccc(CC)cc2)[C@H](C)OC(=O)[C@H](C)CC(=O)c2nccc(OC)c2OCOC(C)=O)cc1. The van der Waals surface area contributed by atoms with Crippen molar-refractivity contribution in [3.63, 3.8) is 0 Å². The van der Waals surface area contributed by atoms with Crippen LogP contribution in [0.15, 0.2) is 60.8 Å². The van der Waals surface area contributed by atoms with Gasteiger partial charge in [-0.25, -0.2) is 4.98 Å². The lowest BCUT2D eigenvalue weighted by Crippen LogP contribution is -2.28. The highest BCUT2D eigenvalue weighted by Crippen LogP contribution is 2.33. The van der Waals surface area contributed by atoms with Crippen LogP contribution >= 0.6 is 0 Å². The number of hydrogen-bond acceptors (Lipinski definition) is 8. The third kappa shape index (κ3) is 8.39. The van der Waals surface area contributed by atoms with Crippen LogP contribution in [-0.2, 0) is 31.9 Å². The lowest BCUT2D eigenvalue weighted by molar-refractivity contribution is -0.153. The van der Waals surface area contributed by atoms with E-state index in [0.717, 1.165) is 24.0 Å². The van der Waals surface area contributed by atoms with E-state index in [1.54, 1.807) is 6.92 Å². The van der Waals surface area contributed by atoms with E-state index < -0.39 is 36.5 Å². The Morgan fingerprint density at radius 2 is 1.41 bits per heavy atom. The molecule has 8 nitrogen and oxygen atoms in total. The minimum Gasteiger partial charge on any atom is -0.493 e. The number of nitrogens with zero attached hydrogens (tertiary/aromatic N) is 1. The van der Waals surface area contributed by atoms with Gasteiger partial charge in [-0.3, -0.25) is 14.4 Å². The molecule has 0 fully saturated rings. The Labute approximate surface area is 242 Å². The molecule has 8 heteroatoms. The zero-order valence-corrected chi connectivity index (χ0v) is 24.6. The summed E-state index contributed by atoms with van der Waals surface area (Å²) in [5.74, 6) is -2.08. The summed E-state index contributed by atoms with van der Waals surface area (Å²) >= 11 is 0. The molecule has 0 aliphatic rings. The summed E-state index contributed by atoms with van der Waals surface area (Å²) < 4.78 is 21.6. The molecule has 0 spiro atoms. The number of hydrogen-bond donors (Lipinski definition) is 0. The maximum atomic E-state index is 13.2. The van der Waals surface area contributed by atoms with Gasteiger partial charge in [0.15, 0.2) is 23.0 Å². The molecular formula is C33H39NO7. The normalized spacial score (nSPS) is 12.4. The second kappa shape index (κ2) is 15.0.